The molecule has 0 unspecified atom stereocenters. The molecule has 0 saturated carbocycles. The Morgan fingerprint density at radius 3 is 2.33 bits per heavy atom. The minimum Gasteiger partial charge on any atom is -0.335 e. The molecule has 1 heterocycles. The van der Waals surface area contributed by atoms with Crippen molar-refractivity contribution in [3.8, 4) is 0 Å². The van der Waals surface area contributed by atoms with Crippen LogP contribution >= 0.6 is 11.6 Å². The first-order valence-electron chi connectivity index (χ1n) is 6.63. The second kappa shape index (κ2) is 6.64. The van der Waals surface area contributed by atoms with Gasteiger partial charge in [-0.1, -0.05) is 11.6 Å². The smallest absolute Gasteiger partial charge is 0.319 e. The van der Waals surface area contributed by atoms with Gasteiger partial charge in [-0.25, -0.2) is 17.5 Å². The number of nitrogens with one attached hydrogen (secondary N) is 2. The summed E-state index contributed by atoms with van der Waals surface area (Å²) >= 11 is 5.77. The fourth-order valence-electron chi connectivity index (χ4n) is 2.22. The number of hydrogen-bond acceptors (Lipinski definition) is 3. The van der Waals surface area contributed by atoms with Crippen LogP contribution < -0.4 is 10.6 Å². The number of amides is 2. The van der Waals surface area contributed by atoms with E-state index in [-0.39, 0.29) is 12.1 Å². The molecule has 0 aliphatic carbocycles. The maximum Gasteiger partial charge on any atom is 0.319 e. The van der Waals surface area contributed by atoms with Crippen molar-refractivity contribution in [1.29, 1.82) is 0 Å². The Kier molecular flexibility index (Phi) is 5.08. The van der Waals surface area contributed by atoms with Crippen molar-refractivity contribution in [2.75, 3.05) is 24.7 Å². The summed E-state index contributed by atoms with van der Waals surface area (Å²) in [4.78, 5) is 11.9. The highest BCUT2D eigenvalue weighted by Gasteiger charge is 2.25. The van der Waals surface area contributed by atoms with Gasteiger partial charge >= 0.3 is 6.03 Å². The Morgan fingerprint density at radius 2 is 1.81 bits per heavy atom. The number of nitrogens with zero attached hydrogens (tertiary/aromatic N) is 1. The van der Waals surface area contributed by atoms with Crippen molar-refractivity contribution >= 4 is 33.3 Å². The van der Waals surface area contributed by atoms with Gasteiger partial charge in [-0.3, -0.25) is 0 Å². The van der Waals surface area contributed by atoms with Crippen molar-refractivity contribution in [3.63, 3.8) is 0 Å². The second-order valence-corrected chi connectivity index (χ2v) is 7.46. The van der Waals surface area contributed by atoms with Crippen LogP contribution in [0.5, 0.6) is 0 Å². The van der Waals surface area contributed by atoms with Gasteiger partial charge in [0.2, 0.25) is 10.0 Å². The highest BCUT2D eigenvalue weighted by atomic mass is 35.5. The number of piperidine rings is 1. The molecule has 2 N–H and O–H groups in total. The first-order chi connectivity index (χ1) is 9.84. The van der Waals surface area contributed by atoms with Crippen LogP contribution in [0.3, 0.4) is 0 Å². The molecular formula is C13H18ClN3O3S. The van der Waals surface area contributed by atoms with Gasteiger partial charge in [-0.2, -0.15) is 0 Å². The van der Waals surface area contributed by atoms with Crippen molar-refractivity contribution < 1.29 is 13.2 Å². The van der Waals surface area contributed by atoms with Gasteiger partial charge in [0.15, 0.2) is 0 Å². The van der Waals surface area contributed by atoms with E-state index in [4.69, 9.17) is 11.6 Å². The number of halogens is 1. The van der Waals surface area contributed by atoms with Gasteiger partial charge in [0, 0.05) is 29.8 Å². The fraction of sp³-hybridized carbons (Fsp3) is 0.462. The molecule has 1 aliphatic rings. The van der Waals surface area contributed by atoms with E-state index in [1.54, 1.807) is 24.3 Å². The van der Waals surface area contributed by atoms with Gasteiger partial charge in [0.05, 0.1) is 6.26 Å². The number of sulfonamides is 1. The summed E-state index contributed by atoms with van der Waals surface area (Å²) < 4.78 is 24.2. The van der Waals surface area contributed by atoms with Crippen molar-refractivity contribution in [1.82, 2.24) is 9.62 Å². The molecule has 0 atom stereocenters. The Labute approximate surface area is 129 Å². The zero-order valence-electron chi connectivity index (χ0n) is 11.7. The summed E-state index contributed by atoms with van der Waals surface area (Å²) in [6.07, 6.45) is 2.43. The predicted molar refractivity (Wildman–Crippen MR) is 83.0 cm³/mol. The standard InChI is InChI=1S/C13H18ClN3O3S/c1-21(19,20)17-8-6-12(7-9-17)16-13(18)15-11-4-2-10(14)3-5-11/h2-5,12H,6-9H2,1H3,(H2,15,16,18). The third-order valence-corrected chi connectivity index (χ3v) is 4.92. The first-order valence-corrected chi connectivity index (χ1v) is 8.85. The van der Waals surface area contributed by atoms with Crippen LogP contribution in [0.4, 0.5) is 10.5 Å². The van der Waals surface area contributed by atoms with Crippen molar-refractivity contribution in [2.45, 2.75) is 18.9 Å². The summed E-state index contributed by atoms with van der Waals surface area (Å²) in [6, 6.07) is 6.51. The molecular weight excluding hydrogens is 314 g/mol. The van der Waals surface area contributed by atoms with Crippen molar-refractivity contribution in [3.05, 3.63) is 29.3 Å². The maximum atomic E-state index is 11.9. The normalized spacial score (nSPS) is 17.4. The van der Waals surface area contributed by atoms with Crippen LogP contribution in [-0.4, -0.2) is 44.1 Å². The summed E-state index contributed by atoms with van der Waals surface area (Å²) in [5, 5.41) is 6.17. The minimum atomic E-state index is -3.14. The summed E-state index contributed by atoms with van der Waals surface area (Å²) in [5.74, 6) is 0. The average molecular weight is 332 g/mol. The maximum absolute atomic E-state index is 11.9. The molecule has 1 fully saturated rings. The van der Waals surface area contributed by atoms with Crippen LogP contribution in [0, 0.1) is 0 Å². The number of carbonyl (C=O) groups is 1. The fourth-order valence-corrected chi connectivity index (χ4v) is 3.22. The number of anilines is 1. The third kappa shape index (κ3) is 4.87. The molecule has 0 aromatic heterocycles. The lowest BCUT2D eigenvalue weighted by atomic mass is 10.1. The lowest BCUT2D eigenvalue weighted by Crippen LogP contribution is -2.47. The number of urea groups is 1. The summed E-state index contributed by atoms with van der Waals surface area (Å²) in [7, 11) is -3.14. The lowest BCUT2D eigenvalue weighted by Gasteiger charge is -2.30. The number of hydrogen-bond donors (Lipinski definition) is 2. The number of rotatable bonds is 3. The molecule has 6 nitrogen and oxygen atoms in total. The zero-order chi connectivity index (χ0) is 15.5. The lowest BCUT2D eigenvalue weighted by molar-refractivity contribution is 0.238. The monoisotopic (exact) mass is 331 g/mol. The average Bonchev–Trinajstić information content (AvgIpc) is 2.41. The van der Waals surface area contributed by atoms with E-state index in [0.29, 0.717) is 36.6 Å². The molecule has 21 heavy (non-hydrogen) atoms. The molecule has 0 radical (unpaired) electrons. The van der Waals surface area contributed by atoms with E-state index in [1.165, 1.54) is 10.6 Å². The van der Waals surface area contributed by atoms with Gasteiger partial charge < -0.3 is 10.6 Å². The van der Waals surface area contributed by atoms with Gasteiger partial charge in [-0.15, -0.1) is 0 Å². The molecule has 8 heteroatoms. The largest absolute Gasteiger partial charge is 0.335 e. The van der Waals surface area contributed by atoms with Crippen LogP contribution in [0.2, 0.25) is 5.02 Å². The van der Waals surface area contributed by atoms with E-state index < -0.39 is 10.0 Å². The Hall–Kier alpha value is -1.31. The zero-order valence-corrected chi connectivity index (χ0v) is 13.2. The molecule has 2 amide bonds. The first kappa shape index (κ1) is 16.1. The highest BCUT2D eigenvalue weighted by molar-refractivity contribution is 7.88. The Morgan fingerprint density at radius 1 is 1.24 bits per heavy atom. The molecule has 1 aromatic carbocycles. The quantitative estimate of drug-likeness (QED) is 0.887. The second-order valence-electron chi connectivity index (χ2n) is 5.04. The molecule has 0 bridgehead atoms. The van der Waals surface area contributed by atoms with Crippen LogP contribution in [0.15, 0.2) is 24.3 Å². The van der Waals surface area contributed by atoms with Crippen LogP contribution in [0.1, 0.15) is 12.8 Å². The Bertz CT molecular complexity index is 596. The molecule has 2 rings (SSSR count). The SMILES string of the molecule is CS(=O)(=O)N1CCC(NC(=O)Nc2ccc(Cl)cc2)CC1. The van der Waals surface area contributed by atoms with E-state index in [2.05, 4.69) is 10.6 Å². The van der Waals surface area contributed by atoms with Gasteiger partial charge in [-0.05, 0) is 37.1 Å². The predicted octanol–water partition coefficient (Wildman–Crippen LogP) is 1.89. The van der Waals surface area contributed by atoms with E-state index in [1.807, 2.05) is 0 Å². The third-order valence-electron chi connectivity index (χ3n) is 3.36. The van der Waals surface area contributed by atoms with E-state index >= 15 is 0 Å². The summed E-state index contributed by atoms with van der Waals surface area (Å²) in [6.45, 7) is 0.870. The van der Waals surface area contributed by atoms with Crippen molar-refractivity contribution in [2.24, 2.45) is 0 Å². The van der Waals surface area contributed by atoms with Gasteiger partial charge in [0.1, 0.15) is 0 Å². The molecule has 1 aromatic rings. The Balaban J connectivity index is 1.80. The molecule has 1 saturated heterocycles. The topological polar surface area (TPSA) is 78.5 Å². The van der Waals surface area contributed by atoms with Gasteiger partial charge in [0.25, 0.3) is 0 Å². The number of benzene rings is 1. The van der Waals surface area contributed by atoms with Crippen LogP contribution in [0.25, 0.3) is 0 Å². The van der Waals surface area contributed by atoms with E-state index in [9.17, 15) is 13.2 Å². The molecule has 0 spiro atoms. The highest BCUT2D eigenvalue weighted by Crippen LogP contribution is 2.15. The number of carbonyl (C=O) groups excluding carboxylic acids is 1. The minimum absolute atomic E-state index is 0.0182. The van der Waals surface area contributed by atoms with Crippen LogP contribution in [-0.2, 0) is 10.0 Å². The molecule has 116 valence electrons. The summed E-state index contributed by atoms with van der Waals surface area (Å²) in [5.41, 5.74) is 0.658. The molecule has 1 aliphatic heterocycles. The van der Waals surface area contributed by atoms with E-state index in [0.717, 1.165) is 0 Å².